The van der Waals surface area contributed by atoms with Crippen molar-refractivity contribution in [1.82, 2.24) is 5.32 Å². The van der Waals surface area contributed by atoms with Gasteiger partial charge in [-0.15, -0.1) is 0 Å². The SMILES string of the molecule is COC(=O)C(NC(=O)CC1CCCCC1N)c1ccccc1. The van der Waals surface area contributed by atoms with E-state index in [4.69, 9.17) is 10.5 Å². The van der Waals surface area contributed by atoms with Crippen molar-refractivity contribution < 1.29 is 14.3 Å². The van der Waals surface area contributed by atoms with Crippen molar-refractivity contribution in [2.75, 3.05) is 7.11 Å². The van der Waals surface area contributed by atoms with Crippen LogP contribution >= 0.6 is 0 Å². The molecule has 120 valence electrons. The predicted molar refractivity (Wildman–Crippen MR) is 83.9 cm³/mol. The molecule has 0 bridgehead atoms. The highest BCUT2D eigenvalue weighted by molar-refractivity contribution is 5.85. The van der Waals surface area contributed by atoms with Gasteiger partial charge in [0.25, 0.3) is 0 Å². The first kappa shape index (κ1) is 16.5. The minimum atomic E-state index is -0.765. The maximum atomic E-state index is 12.3. The van der Waals surface area contributed by atoms with Crippen LogP contribution in [0.1, 0.15) is 43.7 Å². The topological polar surface area (TPSA) is 81.4 Å². The van der Waals surface area contributed by atoms with E-state index in [0.717, 1.165) is 31.2 Å². The zero-order valence-corrected chi connectivity index (χ0v) is 13.0. The van der Waals surface area contributed by atoms with E-state index in [-0.39, 0.29) is 17.9 Å². The molecule has 1 aliphatic carbocycles. The van der Waals surface area contributed by atoms with Gasteiger partial charge >= 0.3 is 5.97 Å². The number of carbonyl (C=O) groups is 2. The molecule has 1 amide bonds. The highest BCUT2D eigenvalue weighted by Gasteiger charge is 2.27. The molecule has 2 rings (SSSR count). The number of methoxy groups -OCH3 is 1. The minimum Gasteiger partial charge on any atom is -0.467 e. The Hall–Kier alpha value is -1.88. The van der Waals surface area contributed by atoms with Crippen LogP contribution in [0, 0.1) is 5.92 Å². The van der Waals surface area contributed by atoms with E-state index in [1.54, 1.807) is 12.1 Å². The number of hydrogen-bond acceptors (Lipinski definition) is 4. The monoisotopic (exact) mass is 304 g/mol. The number of nitrogens with one attached hydrogen (secondary N) is 1. The molecule has 0 saturated heterocycles. The van der Waals surface area contributed by atoms with Gasteiger partial charge in [0.05, 0.1) is 7.11 Å². The van der Waals surface area contributed by atoms with Crippen LogP contribution in [-0.2, 0) is 14.3 Å². The van der Waals surface area contributed by atoms with E-state index >= 15 is 0 Å². The summed E-state index contributed by atoms with van der Waals surface area (Å²) in [6.07, 6.45) is 4.56. The maximum absolute atomic E-state index is 12.3. The summed E-state index contributed by atoms with van der Waals surface area (Å²) in [7, 11) is 1.32. The zero-order chi connectivity index (χ0) is 15.9. The number of rotatable bonds is 5. The third-order valence-electron chi connectivity index (χ3n) is 4.29. The van der Waals surface area contributed by atoms with Gasteiger partial charge in [-0.3, -0.25) is 4.79 Å². The summed E-state index contributed by atoms with van der Waals surface area (Å²) < 4.78 is 4.80. The maximum Gasteiger partial charge on any atom is 0.333 e. The van der Waals surface area contributed by atoms with Crippen molar-refractivity contribution in [2.24, 2.45) is 11.7 Å². The van der Waals surface area contributed by atoms with Gasteiger partial charge in [0.2, 0.25) is 5.91 Å². The fourth-order valence-corrected chi connectivity index (χ4v) is 2.99. The quantitative estimate of drug-likeness (QED) is 0.814. The minimum absolute atomic E-state index is 0.0767. The van der Waals surface area contributed by atoms with E-state index < -0.39 is 12.0 Å². The van der Waals surface area contributed by atoms with E-state index in [0.29, 0.717) is 6.42 Å². The largest absolute Gasteiger partial charge is 0.467 e. The summed E-state index contributed by atoms with van der Waals surface area (Å²) in [6, 6.07) is 8.43. The first-order chi connectivity index (χ1) is 10.6. The molecule has 1 fully saturated rings. The van der Waals surface area contributed by atoms with Crippen LogP contribution in [0.2, 0.25) is 0 Å². The van der Waals surface area contributed by atoms with Crippen LogP contribution in [0.4, 0.5) is 0 Å². The van der Waals surface area contributed by atoms with E-state index in [2.05, 4.69) is 5.32 Å². The average molecular weight is 304 g/mol. The van der Waals surface area contributed by atoms with Crippen LogP contribution in [0.5, 0.6) is 0 Å². The lowest BCUT2D eigenvalue weighted by atomic mass is 9.83. The lowest BCUT2D eigenvalue weighted by molar-refractivity contribution is -0.145. The Morgan fingerprint density at radius 3 is 2.59 bits per heavy atom. The number of hydrogen-bond donors (Lipinski definition) is 2. The van der Waals surface area contributed by atoms with Gasteiger partial charge in [-0.05, 0) is 24.3 Å². The van der Waals surface area contributed by atoms with Gasteiger partial charge in [-0.2, -0.15) is 0 Å². The molecule has 0 radical (unpaired) electrons. The molecular formula is C17H24N2O3. The highest BCUT2D eigenvalue weighted by atomic mass is 16.5. The van der Waals surface area contributed by atoms with Crippen LogP contribution in [0.25, 0.3) is 0 Å². The summed E-state index contributed by atoms with van der Waals surface area (Å²) in [6.45, 7) is 0. The van der Waals surface area contributed by atoms with Crippen LogP contribution in [0.15, 0.2) is 30.3 Å². The first-order valence-electron chi connectivity index (χ1n) is 7.79. The Balaban J connectivity index is 2.00. The van der Waals surface area contributed by atoms with Crippen molar-refractivity contribution in [3.05, 3.63) is 35.9 Å². The third-order valence-corrected chi connectivity index (χ3v) is 4.29. The summed E-state index contributed by atoms with van der Waals surface area (Å²) in [5, 5.41) is 2.78. The van der Waals surface area contributed by atoms with Gasteiger partial charge < -0.3 is 15.8 Å². The van der Waals surface area contributed by atoms with Gasteiger partial charge in [0.15, 0.2) is 6.04 Å². The number of nitrogens with two attached hydrogens (primary N) is 1. The van der Waals surface area contributed by atoms with Crippen molar-refractivity contribution in [2.45, 2.75) is 44.2 Å². The fourth-order valence-electron chi connectivity index (χ4n) is 2.99. The van der Waals surface area contributed by atoms with Crippen molar-refractivity contribution >= 4 is 11.9 Å². The molecule has 3 unspecified atom stereocenters. The molecule has 0 heterocycles. The average Bonchev–Trinajstić information content (AvgIpc) is 2.55. The molecule has 1 aromatic rings. The molecule has 0 aliphatic heterocycles. The van der Waals surface area contributed by atoms with E-state index in [1.165, 1.54) is 7.11 Å². The Kier molecular flexibility index (Phi) is 5.95. The highest BCUT2D eigenvalue weighted by Crippen LogP contribution is 2.26. The van der Waals surface area contributed by atoms with Crippen molar-refractivity contribution in [3.8, 4) is 0 Å². The van der Waals surface area contributed by atoms with Gasteiger partial charge in [0.1, 0.15) is 0 Å². The van der Waals surface area contributed by atoms with Gasteiger partial charge in [-0.1, -0.05) is 43.2 Å². The summed E-state index contributed by atoms with van der Waals surface area (Å²) in [4.78, 5) is 24.2. The number of ether oxygens (including phenoxy) is 1. The standard InChI is InChI=1S/C17H24N2O3/c1-22-17(21)16(12-7-3-2-4-8-12)19-15(20)11-13-9-5-6-10-14(13)18/h2-4,7-8,13-14,16H,5-6,9-11,18H2,1H3,(H,19,20). The first-order valence-corrected chi connectivity index (χ1v) is 7.79. The zero-order valence-electron chi connectivity index (χ0n) is 13.0. The van der Waals surface area contributed by atoms with E-state index in [9.17, 15) is 9.59 Å². The lowest BCUT2D eigenvalue weighted by Crippen LogP contribution is -2.39. The van der Waals surface area contributed by atoms with Crippen LogP contribution in [-0.4, -0.2) is 25.0 Å². The molecule has 0 spiro atoms. The number of carbonyl (C=O) groups excluding carboxylic acids is 2. The lowest BCUT2D eigenvalue weighted by Gasteiger charge is -2.28. The Labute approximate surface area is 131 Å². The smallest absolute Gasteiger partial charge is 0.333 e. The predicted octanol–water partition coefficient (Wildman–Crippen LogP) is 1.92. The second kappa shape index (κ2) is 7.94. The Morgan fingerprint density at radius 1 is 1.27 bits per heavy atom. The Bertz CT molecular complexity index is 504. The summed E-state index contributed by atoms with van der Waals surface area (Å²) in [5.41, 5.74) is 6.80. The molecular weight excluding hydrogens is 280 g/mol. The summed E-state index contributed by atoms with van der Waals surface area (Å²) >= 11 is 0. The number of esters is 1. The van der Waals surface area contributed by atoms with Gasteiger partial charge in [-0.25, -0.2) is 4.79 Å². The van der Waals surface area contributed by atoms with Crippen LogP contribution < -0.4 is 11.1 Å². The molecule has 22 heavy (non-hydrogen) atoms. The number of amides is 1. The third kappa shape index (κ3) is 4.31. The normalized spacial score (nSPS) is 22.6. The fraction of sp³-hybridized carbons (Fsp3) is 0.529. The van der Waals surface area contributed by atoms with Gasteiger partial charge in [0, 0.05) is 12.5 Å². The molecule has 1 aromatic carbocycles. The molecule has 1 saturated carbocycles. The van der Waals surface area contributed by atoms with E-state index in [1.807, 2.05) is 18.2 Å². The molecule has 0 aromatic heterocycles. The molecule has 1 aliphatic rings. The molecule has 5 heteroatoms. The molecule has 3 N–H and O–H groups in total. The molecule has 5 nitrogen and oxygen atoms in total. The van der Waals surface area contributed by atoms with Crippen LogP contribution in [0.3, 0.4) is 0 Å². The number of benzene rings is 1. The van der Waals surface area contributed by atoms with Crippen molar-refractivity contribution in [3.63, 3.8) is 0 Å². The second-order valence-corrected chi connectivity index (χ2v) is 5.85. The van der Waals surface area contributed by atoms with Crippen molar-refractivity contribution in [1.29, 1.82) is 0 Å². The Morgan fingerprint density at radius 2 is 1.95 bits per heavy atom. The molecule has 3 atom stereocenters. The summed E-state index contributed by atoms with van der Waals surface area (Å²) in [5.74, 6) is -0.420. The second-order valence-electron chi connectivity index (χ2n) is 5.85.